The van der Waals surface area contributed by atoms with Crippen molar-refractivity contribution in [3.05, 3.63) is 77.1 Å². The maximum Gasteiger partial charge on any atom is 0.356 e. The molecule has 0 fully saturated rings. The van der Waals surface area contributed by atoms with Crippen molar-refractivity contribution in [1.29, 1.82) is 5.26 Å². The second kappa shape index (κ2) is 7.68. The molecule has 3 heterocycles. The number of rotatable bonds is 4. The maximum atomic E-state index is 12.5. The molecule has 0 amide bonds. The van der Waals surface area contributed by atoms with Crippen LogP contribution in [-0.2, 0) is 11.3 Å². The number of hydrogen-bond donors (Lipinski definition) is 0. The average Bonchev–Trinajstić information content (AvgIpc) is 3.08. The molecule has 4 aromatic rings. The van der Waals surface area contributed by atoms with Crippen LogP contribution >= 0.6 is 0 Å². The average molecular weight is 439 g/mol. The zero-order valence-electron chi connectivity index (χ0n) is 18.5. The molecule has 0 N–H and O–H groups in total. The van der Waals surface area contributed by atoms with Gasteiger partial charge in [0.05, 0.1) is 44.5 Å². The van der Waals surface area contributed by atoms with Crippen LogP contribution in [0.25, 0.3) is 21.8 Å². The highest BCUT2D eigenvalue weighted by molar-refractivity contribution is 6.11. The number of esters is 1. The van der Waals surface area contributed by atoms with E-state index in [-0.39, 0.29) is 5.69 Å². The molecular weight excluding hydrogens is 418 g/mol. The van der Waals surface area contributed by atoms with E-state index in [2.05, 4.69) is 17.2 Å². The molecule has 1 aliphatic rings. The third-order valence-electron chi connectivity index (χ3n) is 6.22. The first-order chi connectivity index (χ1) is 16.0. The van der Waals surface area contributed by atoms with Gasteiger partial charge in [-0.3, -0.25) is 0 Å². The molecular formula is C26H21N3O4. The van der Waals surface area contributed by atoms with Gasteiger partial charge in [-0.25, -0.2) is 9.78 Å². The summed E-state index contributed by atoms with van der Waals surface area (Å²) in [4.78, 5) is 17.3. The minimum Gasteiger partial charge on any atom is -0.493 e. The van der Waals surface area contributed by atoms with Gasteiger partial charge in [-0.2, -0.15) is 5.26 Å². The summed E-state index contributed by atoms with van der Waals surface area (Å²) in [5.41, 5.74) is 4.74. The van der Waals surface area contributed by atoms with Crippen LogP contribution in [0.3, 0.4) is 0 Å². The first-order valence-electron chi connectivity index (χ1n) is 10.4. The quantitative estimate of drug-likeness (QED) is 0.342. The predicted octanol–water partition coefficient (Wildman–Crippen LogP) is 4.57. The van der Waals surface area contributed by atoms with Crippen LogP contribution in [0, 0.1) is 11.3 Å². The molecule has 33 heavy (non-hydrogen) atoms. The molecule has 0 saturated carbocycles. The lowest BCUT2D eigenvalue weighted by Crippen LogP contribution is -2.12. The summed E-state index contributed by atoms with van der Waals surface area (Å²) in [7, 11) is 4.49. The fourth-order valence-electron chi connectivity index (χ4n) is 4.76. The Morgan fingerprint density at radius 2 is 1.85 bits per heavy atom. The van der Waals surface area contributed by atoms with Gasteiger partial charge < -0.3 is 18.8 Å². The van der Waals surface area contributed by atoms with Crippen molar-refractivity contribution in [3.63, 3.8) is 0 Å². The smallest absolute Gasteiger partial charge is 0.356 e. The number of nitrogens with zero attached hydrogens (tertiary/aromatic N) is 3. The van der Waals surface area contributed by atoms with E-state index in [0.717, 1.165) is 32.9 Å². The Bertz CT molecular complexity index is 1510. The Labute approximate surface area is 190 Å². The molecule has 1 aliphatic heterocycles. The first-order valence-corrected chi connectivity index (χ1v) is 10.4. The molecule has 0 radical (unpaired) electrons. The number of methoxy groups -OCH3 is 3. The van der Waals surface area contributed by atoms with Crippen LogP contribution < -0.4 is 9.47 Å². The molecule has 2 aromatic carbocycles. The number of carbonyl (C=O) groups is 1. The monoisotopic (exact) mass is 439 g/mol. The van der Waals surface area contributed by atoms with Gasteiger partial charge in [0.15, 0.2) is 11.5 Å². The summed E-state index contributed by atoms with van der Waals surface area (Å²) < 4.78 is 18.2. The summed E-state index contributed by atoms with van der Waals surface area (Å²) in [5.74, 6) is 0.0359. The van der Waals surface area contributed by atoms with E-state index < -0.39 is 11.9 Å². The van der Waals surface area contributed by atoms with Crippen LogP contribution in [0.2, 0.25) is 0 Å². The number of hydrogen-bond acceptors (Lipinski definition) is 6. The fraction of sp³-hybridized carbons (Fsp3) is 0.192. The number of fused-ring (bicyclic) bond motifs is 4. The molecule has 7 heteroatoms. The van der Waals surface area contributed by atoms with E-state index in [1.165, 1.54) is 7.11 Å². The molecule has 7 nitrogen and oxygen atoms in total. The second-order valence-corrected chi connectivity index (χ2v) is 7.86. The SMILES string of the molecule is C=C(C#N)C1c2cc(OC)c(OC)cc2Cn2c3ccccc3c3cc(C(=O)OC)nc1c32. The van der Waals surface area contributed by atoms with Crippen molar-refractivity contribution in [3.8, 4) is 17.6 Å². The molecule has 5 rings (SSSR count). The van der Waals surface area contributed by atoms with E-state index in [0.29, 0.717) is 29.3 Å². The van der Waals surface area contributed by atoms with Gasteiger partial charge in [-0.05, 0) is 35.4 Å². The zero-order chi connectivity index (χ0) is 23.3. The highest BCUT2D eigenvalue weighted by Gasteiger charge is 2.32. The van der Waals surface area contributed by atoms with Crippen LogP contribution in [0.15, 0.2) is 54.6 Å². The summed E-state index contributed by atoms with van der Waals surface area (Å²) in [5, 5.41) is 11.7. The number of aromatic nitrogens is 2. The zero-order valence-corrected chi connectivity index (χ0v) is 18.5. The molecule has 164 valence electrons. The minimum atomic E-state index is -0.567. The number of pyridine rings is 1. The second-order valence-electron chi connectivity index (χ2n) is 7.86. The van der Waals surface area contributed by atoms with E-state index in [1.54, 1.807) is 20.3 Å². The lowest BCUT2D eigenvalue weighted by Gasteiger charge is -2.20. The Hall–Kier alpha value is -4.31. The Morgan fingerprint density at radius 1 is 1.12 bits per heavy atom. The van der Waals surface area contributed by atoms with Gasteiger partial charge in [-0.15, -0.1) is 0 Å². The topological polar surface area (TPSA) is 86.4 Å². The standard InChI is InChI=1S/C26H21N3O4/c1-14(12-27)23-17-11-22(32-3)21(31-2)9-15(17)13-29-20-8-6-5-7-16(20)18-10-19(26(30)33-4)28-24(23)25(18)29/h5-11,23H,1,13H2,2-4H3. The molecule has 0 spiro atoms. The minimum absolute atomic E-state index is 0.183. The third kappa shape index (κ3) is 2.95. The number of benzene rings is 2. The van der Waals surface area contributed by atoms with Crippen LogP contribution in [0.4, 0.5) is 0 Å². The van der Waals surface area contributed by atoms with Crippen molar-refractivity contribution in [1.82, 2.24) is 9.55 Å². The van der Waals surface area contributed by atoms with Crippen molar-refractivity contribution in [2.24, 2.45) is 0 Å². The van der Waals surface area contributed by atoms with Gasteiger partial charge in [-0.1, -0.05) is 24.8 Å². The lowest BCUT2D eigenvalue weighted by molar-refractivity contribution is 0.0594. The van der Waals surface area contributed by atoms with Gasteiger partial charge in [0, 0.05) is 28.4 Å². The third-order valence-corrected chi connectivity index (χ3v) is 6.22. The molecule has 1 unspecified atom stereocenters. The van der Waals surface area contributed by atoms with Gasteiger partial charge in [0.2, 0.25) is 0 Å². The summed E-state index contributed by atoms with van der Waals surface area (Å²) in [6.07, 6.45) is 0. The Kier molecular flexibility index (Phi) is 4.79. The number of ether oxygens (including phenoxy) is 3. The Balaban J connectivity index is 1.97. The van der Waals surface area contributed by atoms with Crippen molar-refractivity contribution in [2.75, 3.05) is 21.3 Å². The number of nitriles is 1. The van der Waals surface area contributed by atoms with Gasteiger partial charge in [0.25, 0.3) is 0 Å². The van der Waals surface area contributed by atoms with E-state index in [4.69, 9.17) is 19.2 Å². The van der Waals surface area contributed by atoms with Crippen molar-refractivity contribution >= 4 is 27.8 Å². The normalized spacial score (nSPS) is 14.3. The maximum absolute atomic E-state index is 12.5. The number of para-hydroxylation sites is 1. The van der Waals surface area contributed by atoms with Crippen LogP contribution in [-0.4, -0.2) is 36.8 Å². The number of carbonyl (C=O) groups excluding carboxylic acids is 1. The lowest BCUT2D eigenvalue weighted by atomic mass is 9.85. The van der Waals surface area contributed by atoms with Gasteiger partial charge >= 0.3 is 5.97 Å². The Morgan fingerprint density at radius 3 is 2.55 bits per heavy atom. The summed E-state index contributed by atoms with van der Waals surface area (Å²) >= 11 is 0. The van der Waals surface area contributed by atoms with E-state index in [1.807, 2.05) is 36.4 Å². The highest BCUT2D eigenvalue weighted by atomic mass is 16.5. The van der Waals surface area contributed by atoms with E-state index >= 15 is 0 Å². The largest absolute Gasteiger partial charge is 0.493 e. The van der Waals surface area contributed by atoms with Crippen molar-refractivity contribution in [2.45, 2.75) is 12.5 Å². The van der Waals surface area contributed by atoms with Crippen molar-refractivity contribution < 1.29 is 19.0 Å². The first kappa shape index (κ1) is 20.6. The predicted molar refractivity (Wildman–Crippen MR) is 124 cm³/mol. The molecule has 0 saturated heterocycles. The van der Waals surface area contributed by atoms with E-state index in [9.17, 15) is 10.1 Å². The van der Waals surface area contributed by atoms with Crippen LogP contribution in [0.5, 0.6) is 11.5 Å². The molecule has 2 aromatic heterocycles. The summed E-state index contributed by atoms with van der Waals surface area (Å²) in [6, 6.07) is 15.8. The highest BCUT2D eigenvalue weighted by Crippen LogP contribution is 2.45. The molecule has 0 bridgehead atoms. The van der Waals surface area contributed by atoms with Gasteiger partial charge in [0.1, 0.15) is 5.69 Å². The molecule has 0 aliphatic carbocycles. The fourth-order valence-corrected chi connectivity index (χ4v) is 4.76. The molecule has 1 atom stereocenters. The summed E-state index contributed by atoms with van der Waals surface area (Å²) in [6.45, 7) is 4.57. The van der Waals surface area contributed by atoms with Crippen LogP contribution in [0.1, 0.15) is 33.2 Å². The number of allylic oxidation sites excluding steroid dienone is 1.